The molecule has 0 radical (unpaired) electrons. The van der Waals surface area contributed by atoms with E-state index in [0.29, 0.717) is 24.8 Å². The molecule has 0 fully saturated rings. The summed E-state index contributed by atoms with van der Waals surface area (Å²) in [5, 5.41) is 9.36. The van der Waals surface area contributed by atoms with E-state index in [2.05, 4.69) is 66.0 Å². The number of rotatable bonds is 8. The molecule has 1 aromatic heterocycles. The Balaban J connectivity index is 0.00000392. The summed E-state index contributed by atoms with van der Waals surface area (Å²) in [6, 6.07) is 12.1. The second-order valence-electron chi connectivity index (χ2n) is 7.02. The number of carbonyl (C=O) groups excluding carboxylic acids is 1. The van der Waals surface area contributed by atoms with Crippen molar-refractivity contribution < 1.29 is 9.21 Å². The quantitative estimate of drug-likeness (QED) is 0.226. The maximum Gasteiger partial charge on any atom is 0.287 e. The van der Waals surface area contributed by atoms with Gasteiger partial charge in [0.1, 0.15) is 0 Å². The molecular weight excluding hydrogens is 467 g/mol. The molecule has 0 aliphatic carbocycles. The highest BCUT2D eigenvalue weighted by Crippen LogP contribution is 2.22. The monoisotopic (exact) mass is 498 g/mol. The van der Waals surface area contributed by atoms with Crippen LogP contribution in [0.3, 0.4) is 0 Å². The first kappa shape index (κ1) is 24.0. The minimum atomic E-state index is -0.221. The fourth-order valence-electron chi connectivity index (χ4n) is 2.67. The van der Waals surface area contributed by atoms with Crippen molar-refractivity contribution in [2.24, 2.45) is 4.99 Å². The summed E-state index contributed by atoms with van der Waals surface area (Å²) in [7, 11) is 1.74. The van der Waals surface area contributed by atoms with E-state index in [-0.39, 0.29) is 35.3 Å². The summed E-state index contributed by atoms with van der Waals surface area (Å²) in [5.41, 5.74) is 2.60. The van der Waals surface area contributed by atoms with Crippen molar-refractivity contribution in [3.05, 3.63) is 59.5 Å². The zero-order chi connectivity index (χ0) is 19.7. The molecule has 2 rings (SSSR count). The van der Waals surface area contributed by atoms with Crippen molar-refractivity contribution in [1.82, 2.24) is 16.0 Å². The molecular formula is C21H31IN4O2. The van der Waals surface area contributed by atoms with E-state index in [1.54, 1.807) is 19.2 Å². The molecule has 0 unspecified atom stereocenters. The first-order valence-corrected chi connectivity index (χ1v) is 9.32. The number of benzene rings is 1. The van der Waals surface area contributed by atoms with Crippen molar-refractivity contribution >= 4 is 35.8 Å². The van der Waals surface area contributed by atoms with Crippen LogP contribution >= 0.6 is 24.0 Å². The Hall–Kier alpha value is -2.03. The van der Waals surface area contributed by atoms with E-state index in [9.17, 15) is 4.79 Å². The summed E-state index contributed by atoms with van der Waals surface area (Å²) in [6.07, 6.45) is 2.53. The zero-order valence-corrected chi connectivity index (χ0v) is 19.4. The fraction of sp³-hybridized carbons (Fsp3) is 0.429. The molecule has 28 heavy (non-hydrogen) atoms. The number of nitrogens with zero attached hydrogens (tertiary/aromatic N) is 1. The van der Waals surface area contributed by atoms with E-state index < -0.39 is 0 Å². The van der Waals surface area contributed by atoms with Gasteiger partial charge in [-0.1, -0.05) is 45.0 Å². The number of nitrogens with one attached hydrogen (secondary N) is 3. The van der Waals surface area contributed by atoms with Gasteiger partial charge in [0, 0.05) is 32.1 Å². The van der Waals surface area contributed by atoms with Gasteiger partial charge >= 0.3 is 0 Å². The Morgan fingerprint density at radius 2 is 1.75 bits per heavy atom. The number of aryl methyl sites for hydroxylation is 1. The predicted molar refractivity (Wildman–Crippen MR) is 125 cm³/mol. The topological polar surface area (TPSA) is 78.7 Å². The number of carbonyl (C=O) groups is 1. The molecule has 1 heterocycles. The highest BCUT2D eigenvalue weighted by Gasteiger charge is 2.20. The SMILES string of the molecule is CCc1ccc(C(C)(C)CNC(=NC)NCCNC(=O)c2ccco2)cc1.I. The zero-order valence-electron chi connectivity index (χ0n) is 17.0. The highest BCUT2D eigenvalue weighted by atomic mass is 127. The molecule has 154 valence electrons. The van der Waals surface area contributed by atoms with E-state index in [1.165, 1.54) is 17.4 Å². The third kappa shape index (κ3) is 7.18. The standard InChI is InChI=1S/C21H30N4O2.HI/c1-5-16-8-10-17(11-9-16)21(2,3)15-25-20(22-4)24-13-12-23-19(26)18-7-6-14-27-18;/h6-11,14H,5,12-13,15H2,1-4H3,(H,23,26)(H2,22,24,25);1H. The molecule has 0 atom stereocenters. The first-order valence-electron chi connectivity index (χ1n) is 9.32. The maximum atomic E-state index is 11.8. The average Bonchev–Trinajstić information content (AvgIpc) is 3.22. The Bertz CT molecular complexity index is 740. The largest absolute Gasteiger partial charge is 0.459 e. The van der Waals surface area contributed by atoms with Gasteiger partial charge in [-0.05, 0) is 29.7 Å². The number of amides is 1. The second kappa shape index (κ2) is 11.7. The summed E-state index contributed by atoms with van der Waals surface area (Å²) < 4.78 is 5.06. The van der Waals surface area contributed by atoms with Crippen LogP contribution < -0.4 is 16.0 Å². The van der Waals surface area contributed by atoms with Crippen LogP contribution in [-0.2, 0) is 11.8 Å². The van der Waals surface area contributed by atoms with Gasteiger partial charge in [0.2, 0.25) is 0 Å². The van der Waals surface area contributed by atoms with Gasteiger partial charge in [-0.15, -0.1) is 24.0 Å². The lowest BCUT2D eigenvalue weighted by molar-refractivity contribution is 0.0926. The lowest BCUT2D eigenvalue weighted by Crippen LogP contribution is -2.45. The molecule has 0 bridgehead atoms. The summed E-state index contributed by atoms with van der Waals surface area (Å²) in [6.45, 7) is 8.36. The van der Waals surface area contributed by atoms with Crippen LogP contribution in [0.4, 0.5) is 0 Å². The van der Waals surface area contributed by atoms with Crippen molar-refractivity contribution in [3.63, 3.8) is 0 Å². The van der Waals surface area contributed by atoms with Crippen molar-refractivity contribution in [2.75, 3.05) is 26.7 Å². The number of furan rings is 1. The molecule has 0 aliphatic rings. The van der Waals surface area contributed by atoms with Gasteiger partial charge in [0.25, 0.3) is 5.91 Å². The highest BCUT2D eigenvalue weighted by molar-refractivity contribution is 14.0. The Labute approximate surface area is 184 Å². The summed E-state index contributed by atoms with van der Waals surface area (Å²) in [4.78, 5) is 16.0. The van der Waals surface area contributed by atoms with Gasteiger partial charge in [-0.2, -0.15) is 0 Å². The average molecular weight is 498 g/mol. The van der Waals surface area contributed by atoms with Crippen LogP contribution in [-0.4, -0.2) is 38.5 Å². The molecule has 3 N–H and O–H groups in total. The van der Waals surface area contributed by atoms with Gasteiger partial charge in [0.15, 0.2) is 11.7 Å². The molecule has 0 saturated heterocycles. The van der Waals surface area contributed by atoms with Gasteiger partial charge < -0.3 is 20.4 Å². The van der Waals surface area contributed by atoms with E-state index in [0.717, 1.165) is 13.0 Å². The second-order valence-corrected chi connectivity index (χ2v) is 7.02. The van der Waals surface area contributed by atoms with Crippen molar-refractivity contribution in [1.29, 1.82) is 0 Å². The Morgan fingerprint density at radius 3 is 2.32 bits per heavy atom. The molecule has 0 aliphatic heterocycles. The number of halogens is 1. The van der Waals surface area contributed by atoms with E-state index in [1.807, 2.05) is 0 Å². The lowest BCUT2D eigenvalue weighted by atomic mass is 9.84. The number of hydrogen-bond acceptors (Lipinski definition) is 3. The predicted octanol–water partition coefficient (Wildman–Crippen LogP) is 3.33. The third-order valence-corrected chi connectivity index (χ3v) is 4.51. The van der Waals surface area contributed by atoms with Crippen LogP contribution in [0.2, 0.25) is 0 Å². The van der Waals surface area contributed by atoms with Gasteiger partial charge in [0.05, 0.1) is 6.26 Å². The van der Waals surface area contributed by atoms with Crippen molar-refractivity contribution in [3.8, 4) is 0 Å². The molecule has 0 saturated carbocycles. The number of guanidine groups is 1. The molecule has 1 aromatic carbocycles. The van der Waals surface area contributed by atoms with E-state index >= 15 is 0 Å². The normalized spacial score (nSPS) is 11.5. The van der Waals surface area contributed by atoms with Crippen molar-refractivity contribution in [2.45, 2.75) is 32.6 Å². The molecule has 1 amide bonds. The van der Waals surface area contributed by atoms with E-state index in [4.69, 9.17) is 4.42 Å². The van der Waals surface area contributed by atoms with Gasteiger partial charge in [-0.3, -0.25) is 9.79 Å². The molecule has 2 aromatic rings. The number of hydrogen-bond donors (Lipinski definition) is 3. The first-order chi connectivity index (χ1) is 13.0. The van der Waals surface area contributed by atoms with Crippen LogP contribution in [0, 0.1) is 0 Å². The minimum Gasteiger partial charge on any atom is -0.459 e. The minimum absolute atomic E-state index is 0. The van der Waals surface area contributed by atoms with Crippen LogP contribution in [0.1, 0.15) is 42.5 Å². The maximum absolute atomic E-state index is 11.8. The number of aliphatic imine (C=N–C) groups is 1. The Kier molecular flexibility index (Phi) is 10.1. The van der Waals surface area contributed by atoms with Crippen LogP contribution in [0.25, 0.3) is 0 Å². The third-order valence-electron chi connectivity index (χ3n) is 4.51. The molecule has 6 nitrogen and oxygen atoms in total. The molecule has 0 spiro atoms. The lowest BCUT2D eigenvalue weighted by Gasteiger charge is -2.27. The van der Waals surface area contributed by atoms with Crippen LogP contribution in [0.5, 0.6) is 0 Å². The smallest absolute Gasteiger partial charge is 0.287 e. The van der Waals surface area contributed by atoms with Crippen LogP contribution in [0.15, 0.2) is 52.1 Å². The molecule has 7 heteroatoms. The Morgan fingerprint density at radius 1 is 1.07 bits per heavy atom. The fourth-order valence-corrected chi connectivity index (χ4v) is 2.67. The summed E-state index contributed by atoms with van der Waals surface area (Å²) in [5.74, 6) is 0.801. The summed E-state index contributed by atoms with van der Waals surface area (Å²) >= 11 is 0. The van der Waals surface area contributed by atoms with Gasteiger partial charge in [-0.25, -0.2) is 0 Å².